The number of nitrogens with zero attached hydrogens (tertiary/aromatic N) is 3. The van der Waals surface area contributed by atoms with Gasteiger partial charge in [0.15, 0.2) is 23.1 Å². The van der Waals surface area contributed by atoms with Crippen molar-refractivity contribution >= 4 is 11.5 Å². The summed E-state index contributed by atoms with van der Waals surface area (Å²) in [6.07, 6.45) is -4.15. The van der Waals surface area contributed by atoms with Crippen molar-refractivity contribution < 1.29 is 31.4 Å². The van der Waals surface area contributed by atoms with Gasteiger partial charge in [-0.25, -0.2) is 23.1 Å². The molecule has 0 saturated carbocycles. The Morgan fingerprint density at radius 1 is 1.19 bits per heavy atom. The van der Waals surface area contributed by atoms with Crippen molar-refractivity contribution in [1.82, 2.24) is 19.7 Å². The quantitative estimate of drug-likeness (QED) is 0.538. The summed E-state index contributed by atoms with van der Waals surface area (Å²) in [6.45, 7) is 0.871. The number of hydrogen-bond donors (Lipinski definition) is 3. The van der Waals surface area contributed by atoms with Crippen LogP contribution in [0.3, 0.4) is 0 Å². The van der Waals surface area contributed by atoms with Crippen LogP contribution in [0.4, 0.5) is 32.2 Å². The fourth-order valence-corrected chi connectivity index (χ4v) is 3.32. The van der Waals surface area contributed by atoms with Gasteiger partial charge in [-0.2, -0.15) is 13.2 Å². The highest BCUT2D eigenvalue weighted by Gasteiger charge is 2.51. The molecular weight excluding hydrogens is 428 g/mol. The minimum absolute atomic E-state index is 0.0719. The molecule has 31 heavy (non-hydrogen) atoms. The molecule has 1 fully saturated rings. The highest BCUT2D eigenvalue weighted by molar-refractivity contribution is 5.63. The molecule has 3 aromatic rings. The summed E-state index contributed by atoms with van der Waals surface area (Å²) in [7, 11) is 0. The Balaban J connectivity index is 1.79. The Morgan fingerprint density at radius 3 is 2.58 bits per heavy atom. The van der Waals surface area contributed by atoms with E-state index < -0.39 is 52.7 Å². The lowest BCUT2D eigenvalue weighted by molar-refractivity contribution is -0.259. The number of anilines is 1. The molecule has 0 spiro atoms. The maximum Gasteiger partial charge on any atom is 0.421 e. The van der Waals surface area contributed by atoms with Gasteiger partial charge in [-0.1, -0.05) is 6.07 Å². The zero-order chi connectivity index (χ0) is 22.6. The largest absolute Gasteiger partial charge is 0.421 e. The van der Waals surface area contributed by atoms with Gasteiger partial charge in [-0.15, -0.1) is 0 Å². The van der Waals surface area contributed by atoms with Crippen molar-refractivity contribution in [1.29, 1.82) is 0 Å². The van der Waals surface area contributed by atoms with Crippen LogP contribution < -0.4 is 10.6 Å². The first-order valence-corrected chi connectivity index (χ1v) is 9.23. The van der Waals surface area contributed by atoms with E-state index in [0.717, 1.165) is 22.9 Å². The second-order valence-corrected chi connectivity index (χ2v) is 7.43. The van der Waals surface area contributed by atoms with Crippen LogP contribution in [0.15, 0.2) is 30.6 Å². The molecule has 0 aromatic carbocycles. The molecule has 1 aliphatic rings. The zero-order valence-corrected chi connectivity index (χ0v) is 16.0. The number of fused-ring (bicyclic) bond motifs is 1. The third kappa shape index (κ3) is 3.69. The smallest absolute Gasteiger partial charge is 0.376 e. The first kappa shape index (κ1) is 21.4. The molecule has 166 valence electrons. The Bertz CT molecular complexity index is 1130. The fourth-order valence-electron chi connectivity index (χ4n) is 3.32. The Morgan fingerprint density at radius 2 is 1.94 bits per heavy atom. The normalized spacial score (nSPS) is 21.4. The van der Waals surface area contributed by atoms with E-state index in [4.69, 9.17) is 0 Å². The number of imidazole rings is 1. The number of aromatic nitrogens is 3. The number of halogens is 6. The SMILES string of the molecule is C[C@@](O)(c1ccc2ncc(-c3nc(N[C@H]4CNC[C@@H]4F)c(F)cc3F)n2c1)C(F)(F)F. The van der Waals surface area contributed by atoms with Crippen LogP contribution in [0.25, 0.3) is 17.0 Å². The van der Waals surface area contributed by atoms with Crippen molar-refractivity contribution in [3.05, 3.63) is 47.8 Å². The van der Waals surface area contributed by atoms with E-state index in [1.807, 2.05) is 0 Å². The molecule has 6 nitrogen and oxygen atoms in total. The summed E-state index contributed by atoms with van der Waals surface area (Å²) in [5, 5.41) is 15.3. The lowest BCUT2D eigenvalue weighted by Gasteiger charge is -2.26. The van der Waals surface area contributed by atoms with E-state index in [-0.39, 0.29) is 24.4 Å². The summed E-state index contributed by atoms with van der Waals surface area (Å²) in [6, 6.07) is 2.04. The second-order valence-electron chi connectivity index (χ2n) is 7.43. The first-order valence-electron chi connectivity index (χ1n) is 9.23. The van der Waals surface area contributed by atoms with Crippen LogP contribution in [-0.2, 0) is 5.60 Å². The van der Waals surface area contributed by atoms with E-state index in [9.17, 15) is 31.4 Å². The predicted octanol–water partition coefficient (Wildman–Crippen LogP) is 3.17. The number of alkyl halides is 4. The first-order chi connectivity index (χ1) is 14.5. The molecule has 0 aliphatic carbocycles. The van der Waals surface area contributed by atoms with Crippen molar-refractivity contribution in [3.63, 3.8) is 0 Å². The Hall–Kier alpha value is -2.86. The maximum absolute atomic E-state index is 14.5. The molecule has 4 rings (SSSR count). The molecule has 3 N–H and O–H groups in total. The second kappa shape index (κ2) is 7.38. The number of pyridine rings is 2. The van der Waals surface area contributed by atoms with E-state index in [1.54, 1.807) is 0 Å². The van der Waals surface area contributed by atoms with Crippen LogP contribution in [0.2, 0.25) is 0 Å². The minimum atomic E-state index is -4.96. The average molecular weight is 445 g/mol. The molecule has 1 aliphatic heterocycles. The number of rotatable bonds is 4. The van der Waals surface area contributed by atoms with Crippen LogP contribution in [0.1, 0.15) is 12.5 Å². The standard InChI is InChI=1S/C19H17F6N5O/c1-18(31,19(23,24)25)9-2-3-15-27-7-14(30(15)8-9)16-10(20)4-11(21)17(29-16)28-13-6-26-5-12(13)22/h2-4,7-8,12-13,26,31H,5-6H2,1H3,(H,28,29)/t12-,13-,18+/m0/s1. The average Bonchev–Trinajstić information content (AvgIpc) is 3.28. The molecule has 4 heterocycles. The van der Waals surface area contributed by atoms with Crippen molar-refractivity contribution in [2.75, 3.05) is 18.4 Å². The van der Waals surface area contributed by atoms with E-state index in [2.05, 4.69) is 20.6 Å². The molecule has 3 atom stereocenters. The van der Waals surface area contributed by atoms with E-state index in [1.165, 1.54) is 6.07 Å². The van der Waals surface area contributed by atoms with Gasteiger partial charge in [-0.3, -0.25) is 4.40 Å². The third-order valence-electron chi connectivity index (χ3n) is 5.25. The van der Waals surface area contributed by atoms with E-state index in [0.29, 0.717) is 13.0 Å². The monoisotopic (exact) mass is 445 g/mol. The third-order valence-corrected chi connectivity index (χ3v) is 5.25. The summed E-state index contributed by atoms with van der Waals surface area (Å²) in [4.78, 5) is 7.90. The van der Waals surface area contributed by atoms with Crippen LogP contribution in [0.5, 0.6) is 0 Å². The van der Waals surface area contributed by atoms with E-state index >= 15 is 0 Å². The highest BCUT2D eigenvalue weighted by atomic mass is 19.4. The van der Waals surface area contributed by atoms with Crippen molar-refractivity contribution in [2.24, 2.45) is 0 Å². The summed E-state index contributed by atoms with van der Waals surface area (Å²) in [5.74, 6) is -2.53. The van der Waals surface area contributed by atoms with Crippen LogP contribution >= 0.6 is 0 Å². The van der Waals surface area contributed by atoms with Crippen LogP contribution in [0, 0.1) is 11.6 Å². The zero-order valence-electron chi connectivity index (χ0n) is 16.0. The molecule has 0 radical (unpaired) electrons. The lowest BCUT2D eigenvalue weighted by Crippen LogP contribution is -2.39. The van der Waals surface area contributed by atoms with Gasteiger partial charge in [0.2, 0.25) is 0 Å². The lowest BCUT2D eigenvalue weighted by atomic mass is 9.97. The van der Waals surface area contributed by atoms with Gasteiger partial charge in [0.1, 0.15) is 17.5 Å². The fraction of sp³-hybridized carbons (Fsp3) is 0.368. The van der Waals surface area contributed by atoms with Crippen molar-refractivity contribution in [2.45, 2.75) is 30.9 Å². The Kier molecular flexibility index (Phi) is 5.09. The molecular formula is C19H17F6N5O. The molecule has 3 aromatic heterocycles. The van der Waals surface area contributed by atoms with Gasteiger partial charge in [0.05, 0.1) is 17.9 Å². The summed E-state index contributed by atoms with van der Waals surface area (Å²) < 4.78 is 83.4. The van der Waals surface area contributed by atoms with Gasteiger partial charge in [0, 0.05) is 30.9 Å². The number of hydrogen-bond acceptors (Lipinski definition) is 5. The summed E-state index contributed by atoms with van der Waals surface area (Å²) >= 11 is 0. The molecule has 12 heteroatoms. The molecule has 1 saturated heterocycles. The van der Waals surface area contributed by atoms with Gasteiger partial charge < -0.3 is 15.7 Å². The van der Waals surface area contributed by atoms with Gasteiger partial charge in [0.25, 0.3) is 0 Å². The predicted molar refractivity (Wildman–Crippen MR) is 99.1 cm³/mol. The van der Waals surface area contributed by atoms with Gasteiger partial charge >= 0.3 is 6.18 Å². The topological polar surface area (TPSA) is 74.5 Å². The number of aliphatic hydroxyl groups is 1. The summed E-state index contributed by atoms with van der Waals surface area (Å²) in [5.41, 5.74) is -4.00. The molecule has 0 amide bonds. The van der Waals surface area contributed by atoms with Crippen molar-refractivity contribution in [3.8, 4) is 11.4 Å². The van der Waals surface area contributed by atoms with Gasteiger partial charge in [-0.05, 0) is 13.0 Å². The highest BCUT2D eigenvalue weighted by Crippen LogP contribution is 2.39. The maximum atomic E-state index is 14.5. The molecule has 0 bridgehead atoms. The number of nitrogens with one attached hydrogen (secondary N) is 2. The molecule has 0 unspecified atom stereocenters. The van der Waals surface area contributed by atoms with Crippen LogP contribution in [-0.4, -0.2) is 51.0 Å². The Labute approximate surface area is 171 Å². The minimum Gasteiger partial charge on any atom is -0.376 e.